The number of rotatable bonds is 5. The van der Waals surface area contributed by atoms with Crippen LogP contribution in [-0.4, -0.2) is 23.9 Å². The monoisotopic (exact) mass is 200 g/mol. The number of aliphatic hydroxyl groups is 1. The molecule has 0 saturated carbocycles. The number of ether oxygens (including phenoxy) is 1. The predicted octanol–water partition coefficient (Wildman–Crippen LogP) is 2.74. The van der Waals surface area contributed by atoms with Crippen molar-refractivity contribution in [3.05, 3.63) is 0 Å². The van der Waals surface area contributed by atoms with E-state index in [-0.39, 0.29) is 17.6 Å². The predicted molar refractivity (Wildman–Crippen MR) is 58.3 cm³/mol. The highest BCUT2D eigenvalue weighted by Gasteiger charge is 2.29. The average Bonchev–Trinajstić information content (AvgIpc) is 2.53. The van der Waals surface area contributed by atoms with Crippen molar-refractivity contribution in [2.75, 3.05) is 6.61 Å². The average molecular weight is 200 g/mol. The summed E-state index contributed by atoms with van der Waals surface area (Å²) in [6.07, 6.45) is 5.21. The van der Waals surface area contributed by atoms with Crippen LogP contribution in [0.1, 0.15) is 52.9 Å². The van der Waals surface area contributed by atoms with Gasteiger partial charge in [0.25, 0.3) is 0 Å². The summed E-state index contributed by atoms with van der Waals surface area (Å²) in [5.74, 6) is 0. The molecule has 0 aromatic carbocycles. The lowest BCUT2D eigenvalue weighted by molar-refractivity contribution is -0.0233. The molecule has 1 aliphatic heterocycles. The zero-order valence-electron chi connectivity index (χ0n) is 9.75. The molecular weight excluding hydrogens is 176 g/mol. The van der Waals surface area contributed by atoms with Crippen LogP contribution in [-0.2, 0) is 4.74 Å². The van der Waals surface area contributed by atoms with Gasteiger partial charge in [0.15, 0.2) is 0 Å². The van der Waals surface area contributed by atoms with Crippen molar-refractivity contribution in [3.63, 3.8) is 0 Å². The van der Waals surface area contributed by atoms with Crippen LogP contribution in [0.15, 0.2) is 0 Å². The molecule has 0 aromatic heterocycles. The molecule has 0 aliphatic carbocycles. The van der Waals surface area contributed by atoms with Gasteiger partial charge in [0, 0.05) is 6.61 Å². The van der Waals surface area contributed by atoms with E-state index in [4.69, 9.17) is 4.74 Å². The Kier molecular flexibility index (Phi) is 4.39. The second kappa shape index (κ2) is 5.13. The summed E-state index contributed by atoms with van der Waals surface area (Å²) in [7, 11) is 0. The highest BCUT2D eigenvalue weighted by atomic mass is 16.5. The highest BCUT2D eigenvalue weighted by molar-refractivity contribution is 4.80. The second-order valence-electron chi connectivity index (χ2n) is 5.24. The molecule has 0 spiro atoms. The first-order valence-corrected chi connectivity index (χ1v) is 5.85. The Hall–Kier alpha value is -0.0800. The molecule has 1 heterocycles. The van der Waals surface area contributed by atoms with Gasteiger partial charge in [-0.3, -0.25) is 0 Å². The largest absolute Gasteiger partial charge is 0.390 e. The van der Waals surface area contributed by atoms with E-state index in [1.165, 1.54) is 12.8 Å². The smallest absolute Gasteiger partial charge is 0.0834 e. The fourth-order valence-electron chi connectivity index (χ4n) is 2.38. The summed E-state index contributed by atoms with van der Waals surface area (Å²) in [6.45, 7) is 7.49. The lowest BCUT2D eigenvalue weighted by Gasteiger charge is -2.29. The number of hydrogen-bond acceptors (Lipinski definition) is 2. The van der Waals surface area contributed by atoms with Gasteiger partial charge < -0.3 is 9.84 Å². The van der Waals surface area contributed by atoms with Gasteiger partial charge in [-0.05, 0) is 31.1 Å². The summed E-state index contributed by atoms with van der Waals surface area (Å²) >= 11 is 0. The molecule has 14 heavy (non-hydrogen) atoms. The van der Waals surface area contributed by atoms with Crippen LogP contribution in [0.25, 0.3) is 0 Å². The molecule has 1 fully saturated rings. The minimum absolute atomic E-state index is 0.103. The van der Waals surface area contributed by atoms with Crippen molar-refractivity contribution >= 4 is 0 Å². The Morgan fingerprint density at radius 3 is 2.71 bits per heavy atom. The maximum absolute atomic E-state index is 9.99. The van der Waals surface area contributed by atoms with Gasteiger partial charge in [-0.2, -0.15) is 0 Å². The normalized spacial score (nSPS) is 25.3. The fraction of sp³-hybridized carbons (Fsp3) is 1.00. The van der Waals surface area contributed by atoms with Crippen LogP contribution in [0, 0.1) is 5.41 Å². The van der Waals surface area contributed by atoms with Crippen molar-refractivity contribution < 1.29 is 9.84 Å². The second-order valence-corrected chi connectivity index (χ2v) is 5.24. The Balaban J connectivity index is 2.34. The highest BCUT2D eigenvalue weighted by Crippen LogP contribution is 2.31. The zero-order valence-corrected chi connectivity index (χ0v) is 9.75. The number of aliphatic hydroxyl groups excluding tert-OH is 1. The molecule has 1 N–H and O–H groups in total. The molecule has 2 unspecified atom stereocenters. The molecule has 0 aromatic rings. The molecule has 0 bridgehead atoms. The third kappa shape index (κ3) is 3.58. The van der Waals surface area contributed by atoms with Crippen molar-refractivity contribution in [1.29, 1.82) is 0 Å². The standard InChI is InChI=1S/C12H24O2/c1-4-7-12(2,3)9-10(13)11-6-5-8-14-11/h10-11,13H,4-9H2,1-3H3. The minimum Gasteiger partial charge on any atom is -0.390 e. The maximum Gasteiger partial charge on any atom is 0.0834 e. The van der Waals surface area contributed by atoms with Crippen LogP contribution in [0.4, 0.5) is 0 Å². The molecule has 84 valence electrons. The van der Waals surface area contributed by atoms with Crippen molar-refractivity contribution in [1.82, 2.24) is 0 Å². The molecule has 1 aliphatic rings. The van der Waals surface area contributed by atoms with E-state index in [9.17, 15) is 5.11 Å². The Labute approximate surface area is 87.7 Å². The fourth-order valence-corrected chi connectivity index (χ4v) is 2.38. The van der Waals surface area contributed by atoms with Crippen LogP contribution < -0.4 is 0 Å². The van der Waals surface area contributed by atoms with E-state index in [0.29, 0.717) is 0 Å². The van der Waals surface area contributed by atoms with Gasteiger partial charge in [0.2, 0.25) is 0 Å². The van der Waals surface area contributed by atoms with Crippen LogP contribution >= 0.6 is 0 Å². The lowest BCUT2D eigenvalue weighted by Crippen LogP contribution is -2.30. The molecule has 1 saturated heterocycles. The first-order chi connectivity index (χ1) is 6.55. The Morgan fingerprint density at radius 1 is 1.50 bits per heavy atom. The minimum atomic E-state index is -0.265. The van der Waals surface area contributed by atoms with E-state index >= 15 is 0 Å². The van der Waals surface area contributed by atoms with E-state index in [0.717, 1.165) is 25.9 Å². The lowest BCUT2D eigenvalue weighted by atomic mass is 9.81. The summed E-state index contributed by atoms with van der Waals surface area (Å²) in [4.78, 5) is 0. The van der Waals surface area contributed by atoms with Crippen LogP contribution in [0.5, 0.6) is 0 Å². The zero-order chi connectivity index (χ0) is 10.6. The van der Waals surface area contributed by atoms with Gasteiger partial charge in [0.05, 0.1) is 12.2 Å². The Morgan fingerprint density at radius 2 is 2.21 bits per heavy atom. The van der Waals surface area contributed by atoms with Gasteiger partial charge in [-0.1, -0.05) is 27.2 Å². The first-order valence-electron chi connectivity index (χ1n) is 5.85. The van der Waals surface area contributed by atoms with Gasteiger partial charge in [-0.15, -0.1) is 0 Å². The summed E-state index contributed by atoms with van der Waals surface area (Å²) < 4.78 is 5.49. The van der Waals surface area contributed by atoms with E-state index < -0.39 is 0 Å². The molecule has 2 atom stereocenters. The third-order valence-electron chi connectivity index (χ3n) is 3.08. The van der Waals surface area contributed by atoms with Crippen molar-refractivity contribution in [2.24, 2.45) is 5.41 Å². The molecule has 0 amide bonds. The van der Waals surface area contributed by atoms with Crippen LogP contribution in [0.3, 0.4) is 0 Å². The van der Waals surface area contributed by atoms with Crippen molar-refractivity contribution in [3.8, 4) is 0 Å². The maximum atomic E-state index is 9.99. The van der Waals surface area contributed by atoms with Crippen LogP contribution in [0.2, 0.25) is 0 Å². The van der Waals surface area contributed by atoms with Crippen molar-refractivity contribution in [2.45, 2.75) is 65.1 Å². The van der Waals surface area contributed by atoms with Gasteiger partial charge in [-0.25, -0.2) is 0 Å². The summed E-state index contributed by atoms with van der Waals surface area (Å²) in [5, 5.41) is 9.99. The first kappa shape index (κ1) is 12.0. The van der Waals surface area contributed by atoms with E-state index in [1.54, 1.807) is 0 Å². The van der Waals surface area contributed by atoms with Gasteiger partial charge in [0.1, 0.15) is 0 Å². The number of hydrogen-bond donors (Lipinski definition) is 1. The molecular formula is C12H24O2. The summed E-state index contributed by atoms with van der Waals surface area (Å²) in [6, 6.07) is 0. The summed E-state index contributed by atoms with van der Waals surface area (Å²) in [5.41, 5.74) is 0.250. The van der Waals surface area contributed by atoms with E-state index in [1.807, 2.05) is 0 Å². The quantitative estimate of drug-likeness (QED) is 0.739. The third-order valence-corrected chi connectivity index (χ3v) is 3.08. The molecule has 2 nitrogen and oxygen atoms in total. The molecule has 1 rings (SSSR count). The molecule has 2 heteroatoms. The molecule has 0 radical (unpaired) electrons. The Bertz CT molecular complexity index is 160. The van der Waals surface area contributed by atoms with E-state index in [2.05, 4.69) is 20.8 Å². The SMILES string of the molecule is CCCC(C)(C)CC(O)C1CCCO1. The van der Waals surface area contributed by atoms with Gasteiger partial charge >= 0.3 is 0 Å². The topological polar surface area (TPSA) is 29.5 Å².